The van der Waals surface area contributed by atoms with Gasteiger partial charge in [0.15, 0.2) is 5.69 Å². The fourth-order valence-corrected chi connectivity index (χ4v) is 3.31. The maximum absolute atomic E-state index is 12.7. The van der Waals surface area contributed by atoms with Crippen LogP contribution in [0.3, 0.4) is 0 Å². The lowest BCUT2D eigenvalue weighted by Gasteiger charge is -2.28. The Morgan fingerprint density at radius 2 is 2.25 bits per heavy atom. The summed E-state index contributed by atoms with van der Waals surface area (Å²) in [4.78, 5) is 27.9. The zero-order valence-electron chi connectivity index (χ0n) is 14.5. The van der Waals surface area contributed by atoms with Crippen LogP contribution in [0.15, 0.2) is 0 Å². The van der Waals surface area contributed by atoms with Crippen molar-refractivity contribution in [3.05, 3.63) is 17.0 Å². The summed E-state index contributed by atoms with van der Waals surface area (Å²) in [5, 5.41) is 9.99. The van der Waals surface area contributed by atoms with E-state index in [4.69, 9.17) is 4.74 Å². The molecule has 2 N–H and O–H groups in total. The van der Waals surface area contributed by atoms with Gasteiger partial charge in [0, 0.05) is 45.2 Å². The summed E-state index contributed by atoms with van der Waals surface area (Å²) in [6.45, 7) is 7.09. The largest absolute Gasteiger partial charge is 0.369 e. The van der Waals surface area contributed by atoms with Crippen LogP contribution in [0.2, 0.25) is 0 Å². The summed E-state index contributed by atoms with van der Waals surface area (Å²) in [5.74, 6) is -0.0464. The van der Waals surface area contributed by atoms with Gasteiger partial charge in [-0.25, -0.2) is 0 Å². The van der Waals surface area contributed by atoms with E-state index in [-0.39, 0.29) is 24.0 Å². The second-order valence-corrected chi connectivity index (χ2v) is 6.61. The van der Waals surface area contributed by atoms with Crippen molar-refractivity contribution in [2.45, 2.75) is 32.5 Å². The Morgan fingerprint density at radius 1 is 1.46 bits per heavy atom. The van der Waals surface area contributed by atoms with E-state index in [0.717, 1.165) is 17.8 Å². The number of piperazine rings is 1. The first-order valence-corrected chi connectivity index (χ1v) is 8.42. The lowest BCUT2D eigenvalue weighted by Crippen LogP contribution is -2.49. The van der Waals surface area contributed by atoms with Crippen molar-refractivity contribution in [3.63, 3.8) is 0 Å². The van der Waals surface area contributed by atoms with Crippen LogP contribution in [0.1, 0.15) is 41.7 Å². The van der Waals surface area contributed by atoms with Crippen molar-refractivity contribution in [1.82, 2.24) is 25.3 Å². The van der Waals surface area contributed by atoms with Crippen LogP contribution in [0.25, 0.3) is 0 Å². The summed E-state index contributed by atoms with van der Waals surface area (Å²) in [7, 11) is 1.78. The Balaban J connectivity index is 1.63. The zero-order chi connectivity index (χ0) is 17.3. The highest BCUT2D eigenvalue weighted by atomic mass is 16.5. The molecule has 2 aliphatic rings. The molecule has 0 unspecified atom stereocenters. The van der Waals surface area contributed by atoms with Gasteiger partial charge in [0.1, 0.15) is 0 Å². The molecule has 0 spiro atoms. The maximum Gasteiger partial charge on any atom is 0.274 e. The van der Waals surface area contributed by atoms with Gasteiger partial charge < -0.3 is 15.0 Å². The first-order valence-electron chi connectivity index (χ1n) is 8.42. The third kappa shape index (κ3) is 3.44. The lowest BCUT2D eigenvalue weighted by atomic mass is 9.99. The molecule has 8 nitrogen and oxygen atoms in total. The van der Waals surface area contributed by atoms with E-state index in [1.807, 2.05) is 13.8 Å². The summed E-state index contributed by atoms with van der Waals surface area (Å²) < 4.78 is 5.76. The van der Waals surface area contributed by atoms with Crippen molar-refractivity contribution in [2.75, 3.05) is 39.8 Å². The summed E-state index contributed by atoms with van der Waals surface area (Å²) >= 11 is 0. The standard InChI is InChI=1S/C16H25N5O3/c1-10-8-12-14(11(2)24-10)18-19-15(12)16(23)20(3)6-7-21-5-4-17-13(22)9-21/h10-11H,4-9H2,1-3H3,(H,17,22)(H,18,19)/t10-,11+/m1/s1. The Kier molecular flexibility index (Phi) is 4.86. The monoisotopic (exact) mass is 335 g/mol. The predicted molar refractivity (Wildman–Crippen MR) is 87.7 cm³/mol. The molecule has 1 fully saturated rings. The van der Waals surface area contributed by atoms with Crippen LogP contribution in [0.4, 0.5) is 0 Å². The lowest BCUT2D eigenvalue weighted by molar-refractivity contribution is -0.124. The average Bonchev–Trinajstić information content (AvgIpc) is 2.96. The molecule has 24 heavy (non-hydrogen) atoms. The molecule has 2 amide bonds. The third-order valence-corrected chi connectivity index (χ3v) is 4.65. The number of hydrogen-bond acceptors (Lipinski definition) is 5. The highest BCUT2D eigenvalue weighted by Crippen LogP contribution is 2.30. The number of aromatic amines is 1. The molecule has 0 saturated carbocycles. The molecule has 0 aromatic carbocycles. The highest BCUT2D eigenvalue weighted by Gasteiger charge is 2.30. The Bertz CT molecular complexity index is 629. The fraction of sp³-hybridized carbons (Fsp3) is 0.688. The number of amides is 2. The fourth-order valence-electron chi connectivity index (χ4n) is 3.31. The van der Waals surface area contributed by atoms with Crippen LogP contribution < -0.4 is 5.32 Å². The minimum atomic E-state index is -0.0877. The number of nitrogens with one attached hydrogen (secondary N) is 2. The first-order chi connectivity index (χ1) is 11.5. The second-order valence-electron chi connectivity index (χ2n) is 6.61. The van der Waals surface area contributed by atoms with E-state index < -0.39 is 0 Å². The zero-order valence-corrected chi connectivity index (χ0v) is 14.5. The van der Waals surface area contributed by atoms with Crippen LogP contribution in [0.5, 0.6) is 0 Å². The smallest absolute Gasteiger partial charge is 0.274 e. The Labute approximate surface area is 141 Å². The molecule has 2 atom stereocenters. The summed E-state index contributed by atoms with van der Waals surface area (Å²) in [5.41, 5.74) is 2.36. The Morgan fingerprint density at radius 3 is 3.00 bits per heavy atom. The van der Waals surface area contributed by atoms with Gasteiger partial charge in [0.05, 0.1) is 24.4 Å². The predicted octanol–water partition coefficient (Wildman–Crippen LogP) is -0.0643. The molecular formula is C16H25N5O3. The number of hydrogen-bond donors (Lipinski definition) is 2. The van der Waals surface area contributed by atoms with Crippen LogP contribution in [-0.4, -0.2) is 77.7 Å². The molecule has 0 aliphatic carbocycles. The molecule has 2 aliphatic heterocycles. The number of likely N-dealkylation sites (N-methyl/N-ethyl adjacent to an activating group) is 1. The number of carbonyl (C=O) groups excluding carboxylic acids is 2. The number of aromatic nitrogens is 2. The van der Waals surface area contributed by atoms with Crippen molar-refractivity contribution in [2.24, 2.45) is 0 Å². The van der Waals surface area contributed by atoms with Gasteiger partial charge in [0.2, 0.25) is 5.91 Å². The number of fused-ring (bicyclic) bond motifs is 1. The third-order valence-electron chi connectivity index (χ3n) is 4.65. The molecule has 3 rings (SSSR count). The van der Waals surface area contributed by atoms with Gasteiger partial charge in [-0.1, -0.05) is 0 Å². The molecule has 0 bridgehead atoms. The average molecular weight is 335 g/mol. The van der Waals surface area contributed by atoms with Gasteiger partial charge in [-0.05, 0) is 13.8 Å². The molecule has 1 saturated heterocycles. The number of H-pyrrole nitrogens is 1. The van der Waals surface area contributed by atoms with Gasteiger partial charge in [-0.3, -0.25) is 19.6 Å². The van der Waals surface area contributed by atoms with Crippen molar-refractivity contribution in [3.8, 4) is 0 Å². The van der Waals surface area contributed by atoms with Crippen LogP contribution in [0, 0.1) is 0 Å². The molecule has 1 aromatic rings. The topological polar surface area (TPSA) is 90.6 Å². The molecule has 8 heteroatoms. The molecule has 132 valence electrons. The SMILES string of the molecule is C[C@@H]1Cc2c(C(=O)N(C)CCN3CCNC(=O)C3)n[nH]c2[C@H](C)O1. The Hall–Kier alpha value is -1.93. The van der Waals surface area contributed by atoms with Gasteiger partial charge in [-0.2, -0.15) is 5.10 Å². The molecular weight excluding hydrogens is 310 g/mol. The normalized spacial score (nSPS) is 24.4. The summed E-state index contributed by atoms with van der Waals surface area (Å²) in [6, 6.07) is 0. The van der Waals surface area contributed by atoms with Gasteiger partial charge in [0.25, 0.3) is 5.91 Å². The first kappa shape index (κ1) is 16.9. The van der Waals surface area contributed by atoms with Gasteiger partial charge >= 0.3 is 0 Å². The molecule has 0 radical (unpaired) electrons. The number of rotatable bonds is 4. The van der Waals surface area contributed by atoms with Crippen molar-refractivity contribution >= 4 is 11.8 Å². The number of ether oxygens (including phenoxy) is 1. The minimum Gasteiger partial charge on any atom is -0.369 e. The van der Waals surface area contributed by atoms with Crippen LogP contribution >= 0.6 is 0 Å². The van der Waals surface area contributed by atoms with E-state index in [2.05, 4.69) is 20.4 Å². The second kappa shape index (κ2) is 6.90. The minimum absolute atomic E-state index is 0.0413. The molecule has 3 heterocycles. The quantitative estimate of drug-likeness (QED) is 0.804. The van der Waals surface area contributed by atoms with E-state index in [1.54, 1.807) is 11.9 Å². The maximum atomic E-state index is 12.7. The number of nitrogens with zero attached hydrogens (tertiary/aromatic N) is 3. The van der Waals surface area contributed by atoms with Gasteiger partial charge in [-0.15, -0.1) is 0 Å². The van der Waals surface area contributed by atoms with Crippen molar-refractivity contribution < 1.29 is 14.3 Å². The van der Waals surface area contributed by atoms with E-state index in [9.17, 15) is 9.59 Å². The van der Waals surface area contributed by atoms with Crippen molar-refractivity contribution in [1.29, 1.82) is 0 Å². The summed E-state index contributed by atoms with van der Waals surface area (Å²) in [6.07, 6.45) is 0.695. The highest BCUT2D eigenvalue weighted by molar-refractivity contribution is 5.94. The van der Waals surface area contributed by atoms with E-state index in [0.29, 0.717) is 38.3 Å². The van der Waals surface area contributed by atoms with E-state index in [1.165, 1.54) is 0 Å². The molecule has 1 aromatic heterocycles. The van der Waals surface area contributed by atoms with E-state index >= 15 is 0 Å². The number of carbonyl (C=O) groups is 2. The van der Waals surface area contributed by atoms with Crippen LogP contribution in [-0.2, 0) is 16.0 Å².